The highest BCUT2D eigenvalue weighted by Crippen LogP contribution is 2.27. The van der Waals surface area contributed by atoms with E-state index in [4.69, 9.17) is 13.9 Å². The van der Waals surface area contributed by atoms with Gasteiger partial charge in [0, 0.05) is 44.5 Å². The summed E-state index contributed by atoms with van der Waals surface area (Å²) in [5, 5.41) is 4.23. The number of nitrogens with zero attached hydrogens (tertiary/aromatic N) is 4. The lowest BCUT2D eigenvalue weighted by Gasteiger charge is -2.42. The first-order valence-electron chi connectivity index (χ1n) is 8.38. The number of hydrogen-bond acceptors (Lipinski definition) is 6. The zero-order valence-electron chi connectivity index (χ0n) is 14.3. The molecule has 2 aliphatic heterocycles. The van der Waals surface area contributed by atoms with Gasteiger partial charge in [-0.25, -0.2) is 0 Å². The van der Waals surface area contributed by atoms with Crippen molar-refractivity contribution in [1.82, 2.24) is 14.7 Å². The number of aryl methyl sites for hydroxylation is 1. The summed E-state index contributed by atoms with van der Waals surface area (Å²) in [5.74, 6) is -0.0601. The summed E-state index contributed by atoms with van der Waals surface area (Å²) >= 11 is 0. The molecular weight excluding hydrogens is 324 g/mol. The number of morpholine rings is 1. The molecule has 0 radical (unpaired) electrons. The molecule has 1 spiro atoms. The molecule has 4 rings (SSSR count). The van der Waals surface area contributed by atoms with Crippen LogP contribution >= 0.6 is 0 Å². The van der Waals surface area contributed by atoms with E-state index in [1.807, 2.05) is 19.4 Å². The van der Waals surface area contributed by atoms with Crippen LogP contribution in [-0.4, -0.2) is 65.6 Å². The summed E-state index contributed by atoms with van der Waals surface area (Å²) in [6, 6.07) is 1.79. The molecule has 0 bridgehead atoms. The number of carbonyl (C=O) groups is 1. The van der Waals surface area contributed by atoms with Crippen molar-refractivity contribution in [2.75, 3.05) is 44.4 Å². The molecule has 1 atom stereocenters. The molecule has 0 aromatic carbocycles. The van der Waals surface area contributed by atoms with E-state index in [0.29, 0.717) is 26.3 Å². The molecule has 134 valence electrons. The molecule has 2 aliphatic rings. The Kier molecular flexibility index (Phi) is 4.32. The van der Waals surface area contributed by atoms with Crippen LogP contribution in [0.2, 0.25) is 0 Å². The van der Waals surface area contributed by atoms with E-state index in [2.05, 4.69) is 10.00 Å². The summed E-state index contributed by atoms with van der Waals surface area (Å²) in [5.41, 5.74) is 1.37. The summed E-state index contributed by atoms with van der Waals surface area (Å²) < 4.78 is 18.7. The fraction of sp³-hybridized carbons (Fsp3) is 0.529. The van der Waals surface area contributed by atoms with Gasteiger partial charge in [-0.2, -0.15) is 5.10 Å². The molecule has 0 N–H and O–H groups in total. The van der Waals surface area contributed by atoms with Crippen molar-refractivity contribution in [3.63, 3.8) is 0 Å². The van der Waals surface area contributed by atoms with Crippen LogP contribution in [0.15, 0.2) is 35.4 Å². The normalized spacial score (nSPS) is 25.5. The minimum Gasteiger partial charge on any atom is -0.470 e. The second-order valence-electron chi connectivity index (χ2n) is 6.72. The van der Waals surface area contributed by atoms with Crippen LogP contribution in [-0.2, 0) is 27.9 Å². The SMILES string of the molecule is Cn1cc(CN2CCOC[C@@]3(C2)CN(c2ccoc2)C(=O)CO3)cn1. The second kappa shape index (κ2) is 6.62. The molecule has 2 saturated heterocycles. The maximum absolute atomic E-state index is 12.3. The smallest absolute Gasteiger partial charge is 0.253 e. The molecule has 4 heterocycles. The van der Waals surface area contributed by atoms with Gasteiger partial charge >= 0.3 is 0 Å². The predicted octanol–water partition coefficient (Wildman–Crippen LogP) is 0.647. The molecule has 1 amide bonds. The van der Waals surface area contributed by atoms with Gasteiger partial charge in [-0.3, -0.25) is 14.4 Å². The number of hydrogen-bond donors (Lipinski definition) is 0. The highest BCUT2D eigenvalue weighted by molar-refractivity contribution is 5.95. The minimum absolute atomic E-state index is 0.0509. The van der Waals surface area contributed by atoms with Crippen LogP contribution in [0.1, 0.15) is 5.56 Å². The van der Waals surface area contributed by atoms with Crippen LogP contribution in [0.4, 0.5) is 5.69 Å². The maximum Gasteiger partial charge on any atom is 0.253 e. The molecule has 25 heavy (non-hydrogen) atoms. The third-order valence-corrected chi connectivity index (χ3v) is 4.66. The van der Waals surface area contributed by atoms with Gasteiger partial charge in [0.15, 0.2) is 0 Å². The van der Waals surface area contributed by atoms with E-state index in [1.165, 1.54) is 0 Å². The fourth-order valence-electron chi connectivity index (χ4n) is 3.47. The summed E-state index contributed by atoms with van der Waals surface area (Å²) in [6.45, 7) is 3.92. The number of anilines is 1. The number of rotatable bonds is 3. The van der Waals surface area contributed by atoms with Crippen molar-refractivity contribution in [2.45, 2.75) is 12.1 Å². The molecule has 2 aromatic heterocycles. The largest absolute Gasteiger partial charge is 0.470 e. The van der Waals surface area contributed by atoms with Crippen LogP contribution < -0.4 is 4.90 Å². The Labute approximate surface area is 145 Å². The van der Waals surface area contributed by atoms with Crippen molar-refractivity contribution in [3.8, 4) is 0 Å². The number of carbonyl (C=O) groups excluding carboxylic acids is 1. The molecule has 8 heteroatoms. The van der Waals surface area contributed by atoms with Crippen molar-refractivity contribution >= 4 is 11.6 Å². The van der Waals surface area contributed by atoms with Crippen molar-refractivity contribution in [3.05, 3.63) is 36.5 Å². The molecule has 8 nitrogen and oxygen atoms in total. The van der Waals surface area contributed by atoms with Crippen LogP contribution in [0.25, 0.3) is 0 Å². The first-order valence-corrected chi connectivity index (χ1v) is 8.38. The molecular formula is C17H22N4O4. The highest BCUT2D eigenvalue weighted by Gasteiger charge is 2.43. The van der Waals surface area contributed by atoms with Crippen LogP contribution in [0.3, 0.4) is 0 Å². The number of aromatic nitrogens is 2. The van der Waals surface area contributed by atoms with Gasteiger partial charge < -0.3 is 18.8 Å². The molecule has 0 saturated carbocycles. The Bertz CT molecular complexity index is 729. The number of furan rings is 1. The summed E-state index contributed by atoms with van der Waals surface area (Å²) in [7, 11) is 1.91. The van der Waals surface area contributed by atoms with E-state index in [-0.39, 0.29) is 12.5 Å². The predicted molar refractivity (Wildman–Crippen MR) is 89.0 cm³/mol. The fourth-order valence-corrected chi connectivity index (χ4v) is 3.47. The highest BCUT2D eigenvalue weighted by atomic mass is 16.6. The van der Waals surface area contributed by atoms with Gasteiger partial charge in [0.25, 0.3) is 5.91 Å². The van der Waals surface area contributed by atoms with E-state index >= 15 is 0 Å². The van der Waals surface area contributed by atoms with Gasteiger partial charge in [-0.15, -0.1) is 0 Å². The van der Waals surface area contributed by atoms with Gasteiger partial charge in [0.05, 0.1) is 37.9 Å². The number of amides is 1. The average molecular weight is 346 g/mol. The lowest BCUT2D eigenvalue weighted by Crippen LogP contribution is -2.60. The second-order valence-corrected chi connectivity index (χ2v) is 6.72. The van der Waals surface area contributed by atoms with Gasteiger partial charge in [-0.1, -0.05) is 0 Å². The van der Waals surface area contributed by atoms with E-state index in [1.54, 1.807) is 28.2 Å². The van der Waals surface area contributed by atoms with Crippen LogP contribution in [0.5, 0.6) is 0 Å². The lowest BCUT2D eigenvalue weighted by atomic mass is 10.0. The monoisotopic (exact) mass is 346 g/mol. The molecule has 0 aliphatic carbocycles. The van der Waals surface area contributed by atoms with E-state index < -0.39 is 5.60 Å². The number of ether oxygens (including phenoxy) is 2. The first-order chi connectivity index (χ1) is 12.1. The van der Waals surface area contributed by atoms with Crippen molar-refractivity contribution in [1.29, 1.82) is 0 Å². The van der Waals surface area contributed by atoms with Crippen molar-refractivity contribution < 1.29 is 18.7 Å². The first kappa shape index (κ1) is 16.3. The molecule has 2 fully saturated rings. The summed E-state index contributed by atoms with van der Waals surface area (Å²) in [4.78, 5) is 16.3. The van der Waals surface area contributed by atoms with E-state index in [9.17, 15) is 4.79 Å². The Morgan fingerprint density at radius 2 is 2.28 bits per heavy atom. The Hall–Kier alpha value is -2.16. The standard InChI is InChI=1S/C17H22N4O4/c1-19-7-14(6-18-19)8-20-3-5-24-13-17(11-20)12-21(16(22)10-25-17)15-2-4-23-9-15/h2,4,6-7,9H,3,5,8,10-13H2,1H3/t17-/m1/s1. The third-order valence-electron chi connectivity index (χ3n) is 4.66. The zero-order chi connectivity index (χ0) is 17.3. The molecule has 0 unspecified atom stereocenters. The Balaban J connectivity index is 1.51. The van der Waals surface area contributed by atoms with Crippen LogP contribution in [0, 0.1) is 0 Å². The maximum atomic E-state index is 12.3. The van der Waals surface area contributed by atoms with Crippen molar-refractivity contribution in [2.24, 2.45) is 7.05 Å². The summed E-state index contributed by atoms with van der Waals surface area (Å²) in [6.07, 6.45) is 7.05. The van der Waals surface area contributed by atoms with Gasteiger partial charge in [0.2, 0.25) is 0 Å². The third kappa shape index (κ3) is 3.46. The molecule has 2 aromatic rings. The lowest BCUT2D eigenvalue weighted by molar-refractivity contribution is -0.146. The van der Waals surface area contributed by atoms with Gasteiger partial charge in [0.1, 0.15) is 18.5 Å². The minimum atomic E-state index is -0.538. The van der Waals surface area contributed by atoms with Gasteiger partial charge in [-0.05, 0) is 0 Å². The Morgan fingerprint density at radius 1 is 1.36 bits per heavy atom. The topological polar surface area (TPSA) is 73.0 Å². The van der Waals surface area contributed by atoms with E-state index in [0.717, 1.165) is 24.3 Å². The Morgan fingerprint density at radius 3 is 3.04 bits per heavy atom. The average Bonchev–Trinajstić information content (AvgIpc) is 3.22. The zero-order valence-corrected chi connectivity index (χ0v) is 14.3. The quantitative estimate of drug-likeness (QED) is 0.812.